The molecule has 1 aliphatic carbocycles. The van der Waals surface area contributed by atoms with Crippen molar-refractivity contribution in [2.45, 2.75) is 105 Å². The standard InChI is InChI=1S/C40H39N2O.C21H22NSi.Ir/c1-24-20-27(28-14-17-34-35(21-28)40(6,7)19-9-18-39(34,4)5)13-16-29(24)33-22-36(41-23-25(33)2)32-11-8-10-30-31-15-12-26(3)42-38(31)43-37(30)32;1-16-10-11-18(14-20(16)17-8-6-5-7-9-17)21-13-12-19(15-22-21)23(2,3)4;/h8,10,12-17,20-23H,9,18-19H2,1-7H3;5-10,12-15H,1-4H3;/q2*-1;/i1D3,2D3,3D3,16D;1D3;. The van der Waals surface area contributed by atoms with Crippen LogP contribution in [0.25, 0.3) is 78.0 Å². The van der Waals surface area contributed by atoms with E-state index in [0.29, 0.717) is 38.6 Å². The molecule has 1 aliphatic rings. The Morgan fingerprint density at radius 3 is 2.13 bits per heavy atom. The molecule has 0 atom stereocenters. The molecule has 9 aromatic rings. The molecular weight excluding hydrogens is 1010 g/mol. The molecule has 0 bridgehead atoms. The first-order valence-electron chi connectivity index (χ1n) is 28.9. The van der Waals surface area contributed by atoms with Crippen LogP contribution in [-0.4, -0.2) is 23.0 Å². The van der Waals surface area contributed by atoms with E-state index in [0.717, 1.165) is 41.6 Å². The monoisotopic (exact) mass is 1090 g/mol. The Kier molecular flexibility index (Phi) is 9.40. The number of furan rings is 1. The van der Waals surface area contributed by atoms with Crippen LogP contribution >= 0.6 is 0 Å². The number of fused-ring (bicyclic) bond motifs is 4. The molecule has 4 nitrogen and oxygen atoms in total. The number of hydrogen-bond acceptors (Lipinski definition) is 4. The minimum Gasteiger partial charge on any atom is -0.486 e. The third-order valence-electron chi connectivity index (χ3n) is 13.0. The van der Waals surface area contributed by atoms with Crippen molar-refractivity contribution < 1.29 is 42.3 Å². The molecule has 4 heterocycles. The van der Waals surface area contributed by atoms with Crippen molar-refractivity contribution in [3.63, 3.8) is 0 Å². The van der Waals surface area contributed by atoms with Gasteiger partial charge in [0.2, 0.25) is 5.71 Å². The van der Waals surface area contributed by atoms with Crippen molar-refractivity contribution in [1.29, 1.82) is 0 Å². The summed E-state index contributed by atoms with van der Waals surface area (Å²) in [7, 11) is -1.40. The molecule has 10 rings (SSSR count). The van der Waals surface area contributed by atoms with Crippen molar-refractivity contribution in [3.05, 3.63) is 179 Å². The second kappa shape index (κ2) is 18.7. The quantitative estimate of drug-likeness (QED) is 0.0946. The van der Waals surface area contributed by atoms with Gasteiger partial charge in [-0.25, -0.2) is 4.98 Å². The Labute approximate surface area is 431 Å². The maximum absolute atomic E-state index is 9.30. The van der Waals surface area contributed by atoms with Crippen LogP contribution in [0.1, 0.15) is 98.3 Å². The van der Waals surface area contributed by atoms with Gasteiger partial charge in [0.15, 0.2) is 0 Å². The third-order valence-corrected chi connectivity index (χ3v) is 15.1. The third kappa shape index (κ3) is 9.68. The van der Waals surface area contributed by atoms with Crippen LogP contribution in [-0.2, 0) is 30.9 Å². The molecule has 0 amide bonds. The molecule has 0 spiro atoms. The average molecular weight is 1090 g/mol. The van der Waals surface area contributed by atoms with Gasteiger partial charge in [-0.05, 0) is 123 Å². The molecule has 0 unspecified atom stereocenters. The second-order valence-electron chi connectivity index (χ2n) is 19.6. The zero-order valence-electron chi connectivity index (χ0n) is 51.8. The number of rotatable bonds is 6. The maximum atomic E-state index is 9.30. The van der Waals surface area contributed by atoms with Crippen molar-refractivity contribution in [1.82, 2.24) is 15.0 Å². The summed E-state index contributed by atoms with van der Waals surface area (Å²) >= 11 is 0. The molecular formula is C61H61IrN3OSi-2. The van der Waals surface area contributed by atoms with Gasteiger partial charge in [-0.15, -0.1) is 47.5 Å². The van der Waals surface area contributed by atoms with Gasteiger partial charge in [0.1, 0.15) is 0 Å². The zero-order chi connectivity index (χ0) is 57.4. The largest absolute Gasteiger partial charge is 0.486 e. The van der Waals surface area contributed by atoms with E-state index >= 15 is 0 Å². The molecule has 0 saturated heterocycles. The Bertz CT molecular complexity index is 3760. The summed E-state index contributed by atoms with van der Waals surface area (Å²) in [4.78, 5) is 13.3. The minimum absolute atomic E-state index is 0. The van der Waals surface area contributed by atoms with E-state index in [-0.39, 0.29) is 76.3 Å². The van der Waals surface area contributed by atoms with E-state index in [9.17, 15) is 1.37 Å². The van der Waals surface area contributed by atoms with Crippen LogP contribution in [0.3, 0.4) is 0 Å². The summed E-state index contributed by atoms with van der Waals surface area (Å²) < 4.78 is 113. The Balaban J connectivity index is 0.000000261. The smallest absolute Gasteiger partial charge is 0.216 e. The van der Waals surface area contributed by atoms with Gasteiger partial charge in [-0.2, -0.15) is 0 Å². The van der Waals surface area contributed by atoms with E-state index in [1.54, 1.807) is 36.4 Å². The molecule has 0 aliphatic heterocycles. The minimum atomic E-state index is -2.71. The van der Waals surface area contributed by atoms with Gasteiger partial charge in [0.05, 0.1) is 15.0 Å². The molecule has 1 radical (unpaired) electrons. The van der Waals surface area contributed by atoms with Crippen molar-refractivity contribution in [2.24, 2.45) is 0 Å². The Morgan fingerprint density at radius 1 is 0.642 bits per heavy atom. The van der Waals surface area contributed by atoms with Crippen LogP contribution in [0, 0.1) is 39.5 Å². The van der Waals surface area contributed by atoms with Crippen molar-refractivity contribution >= 4 is 35.3 Å². The predicted molar refractivity (Wildman–Crippen MR) is 280 cm³/mol. The first-order chi connectivity index (χ1) is 36.7. The number of benzene rings is 5. The summed E-state index contributed by atoms with van der Waals surface area (Å²) in [6.07, 6.45) is 6.28. The normalized spacial score (nSPS) is 17.7. The van der Waals surface area contributed by atoms with Gasteiger partial charge >= 0.3 is 0 Å². The summed E-state index contributed by atoms with van der Waals surface area (Å²) in [6.45, 7) is 5.79. The van der Waals surface area contributed by atoms with Crippen LogP contribution in [0.4, 0.5) is 0 Å². The SMILES string of the molecule is [2H]C([2H])([2H])c1c[c-]c(-c2ccc([Si](C)(C)C)cn2)cc1-c1ccccc1.[2H]c1cc(-c2ccc3c(c2)C(C)(C)CCCC3(C)C)cc(C([2H])([2H])[2H])c1-c1cc(-c2[c-]ccc3c2oc2nc(C([2H])([2H])[2H])ccc23)ncc1C([2H])([2H])[2H].[Ir]. The van der Waals surface area contributed by atoms with Gasteiger partial charge in [0, 0.05) is 60.0 Å². The van der Waals surface area contributed by atoms with Crippen LogP contribution in [0.2, 0.25) is 19.6 Å². The second-order valence-corrected chi connectivity index (χ2v) is 24.7. The number of aryl methyl sites for hydroxylation is 4. The molecule has 0 N–H and O–H groups in total. The molecule has 4 aromatic heterocycles. The van der Waals surface area contributed by atoms with E-state index in [1.807, 2.05) is 54.7 Å². The van der Waals surface area contributed by atoms with Crippen molar-refractivity contribution in [3.8, 4) is 55.9 Å². The first-order valence-corrected chi connectivity index (χ1v) is 25.9. The summed E-state index contributed by atoms with van der Waals surface area (Å²) in [5.74, 6) is 0. The summed E-state index contributed by atoms with van der Waals surface area (Å²) in [5.41, 5.74) is 7.67. The topological polar surface area (TPSA) is 51.8 Å². The number of pyridine rings is 3. The fourth-order valence-electron chi connectivity index (χ4n) is 9.11. The van der Waals surface area contributed by atoms with Gasteiger partial charge in [-0.3, -0.25) is 0 Å². The predicted octanol–water partition coefficient (Wildman–Crippen LogP) is 15.9. The Morgan fingerprint density at radius 2 is 1.40 bits per heavy atom. The van der Waals surface area contributed by atoms with Gasteiger partial charge in [-0.1, -0.05) is 162 Å². The molecule has 0 fully saturated rings. The van der Waals surface area contributed by atoms with Crippen LogP contribution in [0.5, 0.6) is 0 Å². The number of aromatic nitrogens is 3. The fraction of sp³-hybridized carbons (Fsp3) is 0.262. The Hall–Kier alpha value is -5.78. The number of nitrogens with zero attached hydrogens (tertiary/aromatic N) is 3. The molecule has 0 saturated carbocycles. The van der Waals surface area contributed by atoms with Gasteiger partial charge in [0.25, 0.3) is 0 Å². The first kappa shape index (κ1) is 33.7. The number of hydrogen-bond donors (Lipinski definition) is 0. The van der Waals surface area contributed by atoms with E-state index in [2.05, 4.69) is 92.6 Å². The molecule has 341 valence electrons. The summed E-state index contributed by atoms with van der Waals surface area (Å²) in [5, 5.41) is 2.48. The maximum Gasteiger partial charge on any atom is 0.216 e. The fourth-order valence-corrected chi connectivity index (χ4v) is 10.1. The summed E-state index contributed by atoms with van der Waals surface area (Å²) in [6, 6.07) is 40.6. The van der Waals surface area contributed by atoms with Crippen molar-refractivity contribution in [2.75, 3.05) is 0 Å². The van der Waals surface area contributed by atoms with E-state index in [4.69, 9.17) is 20.9 Å². The van der Waals surface area contributed by atoms with Crippen LogP contribution < -0.4 is 5.19 Å². The average Bonchev–Trinajstić information content (AvgIpc) is 3.85. The van der Waals surface area contributed by atoms with E-state index < -0.39 is 35.5 Å². The zero-order valence-corrected chi connectivity index (χ0v) is 42.2. The molecule has 5 aromatic carbocycles. The van der Waals surface area contributed by atoms with Gasteiger partial charge < -0.3 is 14.4 Å². The van der Waals surface area contributed by atoms with E-state index in [1.165, 1.54) is 34.6 Å². The molecule has 67 heavy (non-hydrogen) atoms. The van der Waals surface area contributed by atoms with Crippen LogP contribution in [0.15, 0.2) is 138 Å². The molecule has 6 heteroatoms.